The highest BCUT2D eigenvalue weighted by Gasteiger charge is 2.24. The smallest absolute Gasteiger partial charge is 0.347 e. The molecule has 25 heavy (non-hydrogen) atoms. The first kappa shape index (κ1) is 19.5. The summed E-state index contributed by atoms with van der Waals surface area (Å²) in [5.41, 5.74) is -0.474. The van der Waals surface area contributed by atoms with Gasteiger partial charge in [0.25, 0.3) is 0 Å². The standard InChI is InChI=1S/C16H22BrN3O5/c1-3-25-16(23)12(10-21)15(22)20-14(13(17)8-18-20)19(2)9-11-4-6-24-7-5-11/h8,10-11,22H,3-7,9H2,1-2H3/b15-12-. The van der Waals surface area contributed by atoms with Crippen molar-refractivity contribution >= 4 is 39.9 Å². The van der Waals surface area contributed by atoms with Gasteiger partial charge in [0, 0.05) is 26.8 Å². The SMILES string of the molecule is CCOC(=O)/C(C=O)=C(\O)n1ncc(Br)c1N(C)CC1CCOCC1. The summed E-state index contributed by atoms with van der Waals surface area (Å²) >= 11 is 3.40. The molecule has 1 N–H and O–H groups in total. The molecular formula is C16H22BrN3O5. The molecule has 0 atom stereocenters. The van der Waals surface area contributed by atoms with Crippen molar-refractivity contribution in [3.63, 3.8) is 0 Å². The van der Waals surface area contributed by atoms with Gasteiger partial charge in [-0.15, -0.1) is 0 Å². The van der Waals surface area contributed by atoms with Crippen LogP contribution in [0, 0.1) is 5.92 Å². The van der Waals surface area contributed by atoms with Gasteiger partial charge in [0.15, 0.2) is 11.9 Å². The van der Waals surface area contributed by atoms with E-state index in [1.165, 1.54) is 6.20 Å². The Kier molecular flexibility index (Phi) is 7.01. The summed E-state index contributed by atoms with van der Waals surface area (Å²) in [6, 6.07) is 0. The van der Waals surface area contributed by atoms with Crippen LogP contribution in [0.1, 0.15) is 19.8 Å². The number of halogens is 1. The molecule has 1 aromatic rings. The lowest BCUT2D eigenvalue weighted by Gasteiger charge is -2.28. The third kappa shape index (κ3) is 4.60. The van der Waals surface area contributed by atoms with Crippen LogP contribution in [0.2, 0.25) is 0 Å². The molecule has 0 spiro atoms. The molecule has 1 aromatic heterocycles. The molecule has 1 aliphatic rings. The highest BCUT2D eigenvalue weighted by atomic mass is 79.9. The third-order valence-corrected chi connectivity index (χ3v) is 4.55. The van der Waals surface area contributed by atoms with E-state index in [9.17, 15) is 14.7 Å². The number of esters is 1. The molecule has 8 nitrogen and oxygen atoms in total. The minimum Gasteiger partial charge on any atom is -0.492 e. The molecule has 0 aliphatic carbocycles. The molecule has 1 aliphatic heterocycles. The molecule has 0 unspecified atom stereocenters. The normalized spacial score (nSPS) is 16.3. The summed E-state index contributed by atoms with van der Waals surface area (Å²) in [5, 5.41) is 14.5. The zero-order chi connectivity index (χ0) is 18.4. The monoisotopic (exact) mass is 415 g/mol. The second kappa shape index (κ2) is 9.00. The lowest BCUT2D eigenvalue weighted by molar-refractivity contribution is -0.139. The average Bonchev–Trinajstić information content (AvgIpc) is 2.98. The van der Waals surface area contributed by atoms with Crippen LogP contribution in [-0.4, -0.2) is 60.6 Å². The Bertz CT molecular complexity index is 652. The molecule has 2 rings (SSSR count). The molecule has 0 bridgehead atoms. The number of ether oxygens (including phenoxy) is 2. The van der Waals surface area contributed by atoms with E-state index in [0.29, 0.717) is 16.2 Å². The molecule has 9 heteroatoms. The molecule has 0 radical (unpaired) electrons. The number of nitrogens with zero attached hydrogens (tertiary/aromatic N) is 3. The van der Waals surface area contributed by atoms with Gasteiger partial charge in [-0.25, -0.2) is 4.79 Å². The van der Waals surface area contributed by atoms with Crippen molar-refractivity contribution in [3.05, 3.63) is 16.2 Å². The molecule has 1 fully saturated rings. The minimum absolute atomic E-state index is 0.1000. The van der Waals surface area contributed by atoms with E-state index in [0.717, 1.165) is 37.3 Å². The maximum atomic E-state index is 11.8. The molecular weight excluding hydrogens is 394 g/mol. The summed E-state index contributed by atoms with van der Waals surface area (Å²) in [7, 11) is 1.87. The Balaban J connectivity index is 2.30. The Morgan fingerprint density at radius 1 is 1.56 bits per heavy atom. The van der Waals surface area contributed by atoms with Gasteiger partial charge in [-0.2, -0.15) is 9.78 Å². The average molecular weight is 416 g/mol. The second-order valence-electron chi connectivity index (χ2n) is 5.74. The first-order valence-electron chi connectivity index (χ1n) is 8.07. The number of aliphatic hydroxyl groups is 1. The number of hydrogen-bond donors (Lipinski definition) is 1. The van der Waals surface area contributed by atoms with Crippen LogP contribution < -0.4 is 4.90 Å². The fourth-order valence-electron chi connectivity index (χ4n) is 2.74. The maximum Gasteiger partial charge on any atom is 0.347 e. The van der Waals surface area contributed by atoms with E-state index in [1.807, 2.05) is 11.9 Å². The summed E-state index contributed by atoms with van der Waals surface area (Å²) in [4.78, 5) is 25.0. The number of carbonyl (C=O) groups excluding carboxylic acids is 2. The van der Waals surface area contributed by atoms with E-state index in [4.69, 9.17) is 9.47 Å². The Morgan fingerprint density at radius 2 is 2.24 bits per heavy atom. The number of hydrogen-bond acceptors (Lipinski definition) is 7. The Morgan fingerprint density at radius 3 is 2.84 bits per heavy atom. The number of aromatic nitrogens is 2. The van der Waals surface area contributed by atoms with E-state index < -0.39 is 17.4 Å². The fraction of sp³-hybridized carbons (Fsp3) is 0.562. The number of aliphatic hydroxyl groups excluding tert-OH is 1. The lowest BCUT2D eigenvalue weighted by Crippen LogP contribution is -2.31. The predicted molar refractivity (Wildman–Crippen MR) is 95.3 cm³/mol. The van der Waals surface area contributed by atoms with E-state index in [-0.39, 0.29) is 12.9 Å². The van der Waals surface area contributed by atoms with Crippen LogP contribution in [0.25, 0.3) is 5.88 Å². The van der Waals surface area contributed by atoms with Gasteiger partial charge < -0.3 is 19.5 Å². The van der Waals surface area contributed by atoms with E-state index >= 15 is 0 Å². The van der Waals surface area contributed by atoms with Crippen molar-refractivity contribution < 1.29 is 24.2 Å². The zero-order valence-electron chi connectivity index (χ0n) is 14.3. The van der Waals surface area contributed by atoms with Gasteiger partial charge in [-0.3, -0.25) is 4.79 Å². The van der Waals surface area contributed by atoms with Crippen LogP contribution in [0.3, 0.4) is 0 Å². The minimum atomic E-state index is -0.889. The van der Waals surface area contributed by atoms with Gasteiger partial charge in [0.1, 0.15) is 5.82 Å². The number of rotatable bonds is 7. The van der Waals surface area contributed by atoms with Crippen LogP contribution in [0.15, 0.2) is 16.2 Å². The number of aldehydes is 1. The van der Waals surface area contributed by atoms with Crippen molar-refractivity contribution in [2.24, 2.45) is 5.92 Å². The number of anilines is 1. The molecule has 2 heterocycles. The van der Waals surface area contributed by atoms with Crippen molar-refractivity contribution in [1.82, 2.24) is 9.78 Å². The van der Waals surface area contributed by atoms with Gasteiger partial charge in [-0.05, 0) is 41.6 Å². The molecule has 0 amide bonds. The van der Waals surface area contributed by atoms with Crippen molar-refractivity contribution in [3.8, 4) is 0 Å². The Hall–Kier alpha value is -1.87. The molecule has 0 aromatic carbocycles. The lowest BCUT2D eigenvalue weighted by atomic mass is 10.00. The summed E-state index contributed by atoms with van der Waals surface area (Å²) in [6.45, 7) is 3.93. The van der Waals surface area contributed by atoms with Gasteiger partial charge in [0.2, 0.25) is 5.88 Å². The third-order valence-electron chi connectivity index (χ3n) is 3.99. The van der Waals surface area contributed by atoms with Crippen LogP contribution >= 0.6 is 15.9 Å². The summed E-state index contributed by atoms with van der Waals surface area (Å²) < 4.78 is 12.0. The van der Waals surface area contributed by atoms with Crippen molar-refractivity contribution in [2.45, 2.75) is 19.8 Å². The summed E-state index contributed by atoms with van der Waals surface area (Å²) in [6.07, 6.45) is 3.69. The fourth-order valence-corrected chi connectivity index (χ4v) is 3.30. The first-order chi connectivity index (χ1) is 12.0. The van der Waals surface area contributed by atoms with Crippen LogP contribution in [0.4, 0.5) is 5.82 Å². The first-order valence-corrected chi connectivity index (χ1v) is 8.87. The zero-order valence-corrected chi connectivity index (χ0v) is 15.9. The predicted octanol–water partition coefficient (Wildman–Crippen LogP) is 2.00. The van der Waals surface area contributed by atoms with E-state index in [2.05, 4.69) is 21.0 Å². The van der Waals surface area contributed by atoms with Crippen molar-refractivity contribution in [2.75, 3.05) is 38.3 Å². The van der Waals surface area contributed by atoms with Crippen LogP contribution in [-0.2, 0) is 19.1 Å². The second-order valence-corrected chi connectivity index (χ2v) is 6.59. The quantitative estimate of drug-likeness (QED) is 0.181. The highest BCUT2D eigenvalue weighted by Crippen LogP contribution is 2.29. The molecule has 138 valence electrons. The van der Waals surface area contributed by atoms with E-state index in [1.54, 1.807) is 6.92 Å². The van der Waals surface area contributed by atoms with Gasteiger partial charge in [-0.1, -0.05) is 0 Å². The van der Waals surface area contributed by atoms with Crippen LogP contribution in [0.5, 0.6) is 0 Å². The van der Waals surface area contributed by atoms with Crippen molar-refractivity contribution in [1.29, 1.82) is 0 Å². The topological polar surface area (TPSA) is 93.9 Å². The Labute approximate surface area is 154 Å². The molecule has 0 saturated carbocycles. The summed E-state index contributed by atoms with van der Waals surface area (Å²) in [5.74, 6) is -0.448. The highest BCUT2D eigenvalue weighted by molar-refractivity contribution is 9.10. The largest absolute Gasteiger partial charge is 0.492 e. The van der Waals surface area contributed by atoms with Gasteiger partial charge in [0.05, 0.1) is 17.3 Å². The maximum absolute atomic E-state index is 11.8. The number of carbonyl (C=O) groups is 2. The molecule has 1 saturated heterocycles. The van der Waals surface area contributed by atoms with Gasteiger partial charge >= 0.3 is 5.97 Å².